The third kappa shape index (κ3) is 2.17. The van der Waals surface area contributed by atoms with Gasteiger partial charge < -0.3 is 21.3 Å². The van der Waals surface area contributed by atoms with Crippen molar-refractivity contribution in [1.82, 2.24) is 4.68 Å². The molecule has 0 unspecified atom stereocenters. The predicted molar refractivity (Wildman–Crippen MR) is 67.3 cm³/mol. The summed E-state index contributed by atoms with van der Waals surface area (Å²) in [5.41, 5.74) is 5.97. The smallest absolute Gasteiger partial charge is 0.388 e. The molecule has 1 heterocycles. The van der Waals surface area contributed by atoms with E-state index in [1.807, 2.05) is 0 Å². The number of halogens is 2. The number of nitrogens with one attached hydrogen (secondary N) is 1. The van der Waals surface area contributed by atoms with Crippen molar-refractivity contribution in [1.29, 1.82) is 0 Å². The second kappa shape index (κ2) is 4.23. The van der Waals surface area contributed by atoms with E-state index in [0.29, 0.717) is 15.7 Å². The molecule has 0 aliphatic rings. The van der Waals surface area contributed by atoms with E-state index in [1.165, 1.54) is 0 Å². The van der Waals surface area contributed by atoms with Crippen molar-refractivity contribution in [3.8, 4) is 0 Å². The van der Waals surface area contributed by atoms with Crippen LogP contribution >= 0.6 is 23.2 Å². The van der Waals surface area contributed by atoms with Crippen LogP contribution in [0.15, 0.2) is 27.4 Å². The van der Waals surface area contributed by atoms with Gasteiger partial charge in [0.15, 0.2) is 5.82 Å². The molecule has 17 heavy (non-hydrogen) atoms. The molecule has 0 saturated carbocycles. The highest BCUT2D eigenvalue weighted by Crippen LogP contribution is 2.29. The van der Waals surface area contributed by atoms with Crippen LogP contribution in [-0.2, 0) is 0 Å². The van der Waals surface area contributed by atoms with Gasteiger partial charge >= 0.3 is 5.76 Å². The molecule has 0 radical (unpaired) electrons. The molecule has 6 nitrogen and oxygen atoms in total. The number of rotatable bonds is 2. The Bertz CT molecular complexity index is 620. The van der Waals surface area contributed by atoms with Crippen LogP contribution in [0.2, 0.25) is 10.0 Å². The third-order valence-electron chi connectivity index (χ3n) is 2.05. The molecule has 90 valence electrons. The SMILES string of the molecule is Nc1oc(=O)n(N)c1Nc1ccc(Cl)cc1Cl. The number of oxazole rings is 1. The van der Waals surface area contributed by atoms with Gasteiger partial charge in [0.25, 0.3) is 0 Å². The molecular weight excluding hydrogens is 267 g/mol. The molecule has 0 aliphatic carbocycles. The van der Waals surface area contributed by atoms with Crippen molar-refractivity contribution in [2.24, 2.45) is 0 Å². The second-order valence-corrected chi connectivity index (χ2v) is 4.04. The molecule has 0 fully saturated rings. The van der Waals surface area contributed by atoms with E-state index in [0.717, 1.165) is 4.68 Å². The number of aromatic nitrogens is 1. The monoisotopic (exact) mass is 274 g/mol. The molecule has 5 N–H and O–H groups in total. The maximum absolute atomic E-state index is 11.1. The summed E-state index contributed by atoms with van der Waals surface area (Å²) < 4.78 is 5.36. The number of nitrogens with two attached hydrogens (primary N) is 2. The molecule has 1 aromatic carbocycles. The lowest BCUT2D eigenvalue weighted by molar-refractivity contribution is 0.516. The highest BCUT2D eigenvalue weighted by Gasteiger charge is 2.13. The van der Waals surface area contributed by atoms with Gasteiger partial charge in [-0.3, -0.25) is 0 Å². The molecule has 2 aromatic rings. The second-order valence-electron chi connectivity index (χ2n) is 3.20. The van der Waals surface area contributed by atoms with Gasteiger partial charge in [0.05, 0.1) is 10.7 Å². The lowest BCUT2D eigenvalue weighted by atomic mass is 10.3. The molecule has 0 saturated heterocycles. The molecule has 0 amide bonds. The minimum absolute atomic E-state index is 0.122. The van der Waals surface area contributed by atoms with Gasteiger partial charge in [-0.15, -0.1) is 0 Å². The molecule has 2 rings (SSSR count). The largest absolute Gasteiger partial charge is 0.441 e. The van der Waals surface area contributed by atoms with Crippen LogP contribution in [0.25, 0.3) is 0 Å². The summed E-state index contributed by atoms with van der Waals surface area (Å²) in [5.74, 6) is 4.66. The molecule has 0 atom stereocenters. The average Bonchev–Trinajstić information content (AvgIpc) is 2.48. The number of anilines is 3. The van der Waals surface area contributed by atoms with E-state index in [2.05, 4.69) is 9.73 Å². The standard InChI is InChI=1S/C9H8Cl2N4O2/c10-4-1-2-6(5(11)3-4)14-8-7(12)17-9(16)15(8)13/h1-3,14H,12-13H2. The fourth-order valence-electron chi connectivity index (χ4n) is 1.24. The lowest BCUT2D eigenvalue weighted by Gasteiger charge is -2.08. The Morgan fingerprint density at radius 2 is 2.06 bits per heavy atom. The first-order chi connectivity index (χ1) is 7.99. The van der Waals surface area contributed by atoms with E-state index in [-0.39, 0.29) is 11.7 Å². The Morgan fingerprint density at radius 3 is 2.59 bits per heavy atom. The van der Waals surface area contributed by atoms with Gasteiger partial charge in [-0.05, 0) is 18.2 Å². The summed E-state index contributed by atoms with van der Waals surface area (Å²) >= 11 is 11.7. The van der Waals surface area contributed by atoms with Crippen LogP contribution in [0, 0.1) is 0 Å². The van der Waals surface area contributed by atoms with E-state index in [9.17, 15) is 4.79 Å². The minimum atomic E-state index is -0.768. The molecule has 0 aliphatic heterocycles. The van der Waals surface area contributed by atoms with E-state index in [1.54, 1.807) is 18.2 Å². The highest BCUT2D eigenvalue weighted by atomic mass is 35.5. The van der Waals surface area contributed by atoms with Gasteiger partial charge in [-0.25, -0.2) is 4.79 Å². The van der Waals surface area contributed by atoms with Crippen molar-refractivity contribution in [3.63, 3.8) is 0 Å². The maximum atomic E-state index is 11.1. The molecule has 0 bridgehead atoms. The number of nitrogens with zero attached hydrogens (tertiary/aromatic N) is 1. The Kier molecular flexibility index (Phi) is 2.91. The van der Waals surface area contributed by atoms with Crippen LogP contribution in [0.5, 0.6) is 0 Å². The molecular formula is C9H8Cl2N4O2. The lowest BCUT2D eigenvalue weighted by Crippen LogP contribution is -2.23. The normalized spacial score (nSPS) is 10.5. The van der Waals surface area contributed by atoms with Crippen molar-refractivity contribution in [2.45, 2.75) is 0 Å². The Balaban J connectivity index is 2.41. The van der Waals surface area contributed by atoms with Crippen molar-refractivity contribution < 1.29 is 4.42 Å². The first-order valence-corrected chi connectivity index (χ1v) is 5.23. The number of benzene rings is 1. The summed E-state index contributed by atoms with van der Waals surface area (Å²) in [5, 5.41) is 3.64. The fourth-order valence-corrected chi connectivity index (χ4v) is 1.70. The summed E-state index contributed by atoms with van der Waals surface area (Å²) in [6, 6.07) is 4.80. The number of hydrogen-bond acceptors (Lipinski definition) is 5. The number of hydrogen-bond donors (Lipinski definition) is 3. The van der Waals surface area contributed by atoms with Crippen LogP contribution in [0.3, 0.4) is 0 Å². The predicted octanol–water partition coefficient (Wildman–Crippen LogP) is 1.79. The van der Waals surface area contributed by atoms with E-state index < -0.39 is 5.76 Å². The van der Waals surface area contributed by atoms with Crippen LogP contribution in [-0.4, -0.2) is 4.68 Å². The highest BCUT2D eigenvalue weighted by molar-refractivity contribution is 6.36. The molecule has 1 aromatic heterocycles. The summed E-state index contributed by atoms with van der Waals surface area (Å²) in [7, 11) is 0. The van der Waals surface area contributed by atoms with Crippen molar-refractivity contribution in [3.05, 3.63) is 38.8 Å². The van der Waals surface area contributed by atoms with Crippen LogP contribution < -0.4 is 22.6 Å². The van der Waals surface area contributed by atoms with Crippen molar-refractivity contribution in [2.75, 3.05) is 16.9 Å². The van der Waals surface area contributed by atoms with Gasteiger partial charge in [0, 0.05) is 5.02 Å². The van der Waals surface area contributed by atoms with Gasteiger partial charge in [0.1, 0.15) is 0 Å². The van der Waals surface area contributed by atoms with Gasteiger partial charge in [0.2, 0.25) is 5.88 Å². The average molecular weight is 275 g/mol. The quantitative estimate of drug-likeness (QED) is 0.725. The molecule has 8 heteroatoms. The Hall–Kier alpha value is -1.79. The zero-order chi connectivity index (χ0) is 12.6. The summed E-state index contributed by atoms with van der Waals surface area (Å²) in [6.07, 6.45) is 0. The Morgan fingerprint density at radius 1 is 1.35 bits per heavy atom. The zero-order valence-corrected chi connectivity index (χ0v) is 9.92. The first-order valence-electron chi connectivity index (χ1n) is 4.47. The first kappa shape index (κ1) is 11.7. The van der Waals surface area contributed by atoms with Crippen molar-refractivity contribution >= 4 is 40.6 Å². The Labute approximate surface area is 106 Å². The summed E-state index contributed by atoms with van der Waals surface area (Å²) in [6.45, 7) is 0. The molecule has 0 spiro atoms. The topological polar surface area (TPSA) is 99.2 Å². The summed E-state index contributed by atoms with van der Waals surface area (Å²) in [4.78, 5) is 11.1. The minimum Gasteiger partial charge on any atom is -0.388 e. The van der Waals surface area contributed by atoms with E-state index in [4.69, 9.17) is 34.8 Å². The van der Waals surface area contributed by atoms with Crippen LogP contribution in [0.4, 0.5) is 17.4 Å². The van der Waals surface area contributed by atoms with Gasteiger partial charge in [-0.2, -0.15) is 4.68 Å². The van der Waals surface area contributed by atoms with Gasteiger partial charge in [-0.1, -0.05) is 23.2 Å². The fraction of sp³-hybridized carbons (Fsp3) is 0. The van der Waals surface area contributed by atoms with Crippen LogP contribution in [0.1, 0.15) is 0 Å². The third-order valence-corrected chi connectivity index (χ3v) is 2.60. The number of nitrogen functional groups attached to an aromatic ring is 2. The van der Waals surface area contributed by atoms with E-state index >= 15 is 0 Å². The zero-order valence-electron chi connectivity index (χ0n) is 8.41. The maximum Gasteiger partial charge on any atom is 0.441 e.